The molecule has 4 N–H and O–H groups in total. The van der Waals surface area contributed by atoms with Crippen LogP contribution in [0.4, 0.5) is 5.69 Å². The second kappa shape index (κ2) is 8.35. The molecular weight excluding hydrogens is 354 g/mol. The molecule has 3 aromatic rings. The van der Waals surface area contributed by atoms with E-state index in [9.17, 15) is 5.26 Å². The van der Waals surface area contributed by atoms with Gasteiger partial charge in [0.25, 0.3) is 0 Å². The highest BCUT2D eigenvalue weighted by Crippen LogP contribution is 2.36. The second-order valence-corrected chi connectivity index (χ2v) is 6.92. The van der Waals surface area contributed by atoms with Crippen LogP contribution in [-0.4, -0.2) is 0 Å². The van der Waals surface area contributed by atoms with Crippen LogP contribution >= 0.6 is 11.8 Å². The minimum absolute atomic E-state index is 0.398. The molecule has 0 heterocycles. The fourth-order valence-corrected chi connectivity index (χ4v) is 3.43. The summed E-state index contributed by atoms with van der Waals surface area (Å²) in [5, 5.41) is 10.1. The molecule has 0 atom stereocenters. The Morgan fingerprint density at radius 3 is 2.37 bits per heavy atom. The van der Waals surface area contributed by atoms with Crippen LogP contribution in [0.3, 0.4) is 0 Å². The summed E-state index contributed by atoms with van der Waals surface area (Å²) >= 11 is 1.29. The van der Waals surface area contributed by atoms with E-state index in [0.29, 0.717) is 22.0 Å². The summed E-state index contributed by atoms with van der Waals surface area (Å²) in [6.07, 6.45) is 0. The third-order valence-corrected chi connectivity index (χ3v) is 5.04. The SMILES string of the molecule is Cc1c(Oc2ccccc2)cccc1/C(C#N)=C(/N)Sc1ccccc1N. The van der Waals surface area contributed by atoms with Gasteiger partial charge in [0.15, 0.2) is 0 Å². The minimum Gasteiger partial charge on any atom is -0.457 e. The number of nitrogens with two attached hydrogens (primary N) is 2. The number of anilines is 1. The molecule has 0 aromatic heterocycles. The zero-order valence-electron chi connectivity index (χ0n) is 14.8. The first kappa shape index (κ1) is 18.4. The monoisotopic (exact) mass is 373 g/mol. The van der Waals surface area contributed by atoms with Crippen molar-refractivity contribution >= 4 is 23.0 Å². The second-order valence-electron chi connectivity index (χ2n) is 5.83. The van der Waals surface area contributed by atoms with E-state index >= 15 is 0 Å². The largest absolute Gasteiger partial charge is 0.457 e. The van der Waals surface area contributed by atoms with Crippen molar-refractivity contribution in [3.63, 3.8) is 0 Å². The summed E-state index contributed by atoms with van der Waals surface area (Å²) in [7, 11) is 0. The summed E-state index contributed by atoms with van der Waals surface area (Å²) < 4.78 is 5.96. The molecule has 0 amide bonds. The molecule has 3 rings (SSSR count). The van der Waals surface area contributed by atoms with Crippen LogP contribution in [0.15, 0.2) is 82.7 Å². The molecule has 3 aromatic carbocycles. The molecule has 0 bridgehead atoms. The summed E-state index contributed by atoms with van der Waals surface area (Å²) in [6.45, 7) is 1.92. The number of hydrogen-bond acceptors (Lipinski definition) is 5. The lowest BCUT2D eigenvalue weighted by Crippen LogP contribution is -2.01. The Labute approximate surface area is 163 Å². The molecule has 0 fully saturated rings. The number of nitriles is 1. The Morgan fingerprint density at radius 1 is 0.963 bits per heavy atom. The zero-order chi connectivity index (χ0) is 19.2. The number of para-hydroxylation sites is 2. The number of thioether (sulfide) groups is 1. The maximum Gasteiger partial charge on any atom is 0.130 e. The Kier molecular flexibility index (Phi) is 5.70. The molecule has 0 saturated heterocycles. The van der Waals surface area contributed by atoms with E-state index < -0.39 is 0 Å². The number of rotatable bonds is 5. The van der Waals surface area contributed by atoms with Gasteiger partial charge >= 0.3 is 0 Å². The highest BCUT2D eigenvalue weighted by atomic mass is 32.2. The Bertz CT molecular complexity index is 1020. The number of hydrogen-bond donors (Lipinski definition) is 2. The Hall–Kier alpha value is -3.36. The minimum atomic E-state index is 0.398. The molecule has 0 aliphatic rings. The third-order valence-electron chi connectivity index (χ3n) is 4.02. The van der Waals surface area contributed by atoms with Crippen molar-refractivity contribution in [2.24, 2.45) is 5.73 Å². The fourth-order valence-electron chi connectivity index (χ4n) is 2.60. The van der Waals surface area contributed by atoms with Gasteiger partial charge in [-0.2, -0.15) is 5.26 Å². The highest BCUT2D eigenvalue weighted by molar-refractivity contribution is 8.03. The number of benzene rings is 3. The van der Waals surface area contributed by atoms with Gasteiger partial charge in [-0.1, -0.05) is 54.2 Å². The van der Waals surface area contributed by atoms with Crippen molar-refractivity contribution < 1.29 is 4.74 Å². The first-order valence-corrected chi connectivity index (χ1v) is 9.17. The van der Waals surface area contributed by atoms with Crippen LogP contribution < -0.4 is 16.2 Å². The molecule has 0 radical (unpaired) electrons. The highest BCUT2D eigenvalue weighted by Gasteiger charge is 2.14. The standard InChI is InChI=1S/C22H19N3OS/c1-15-17(10-7-12-20(15)26-16-8-3-2-4-9-16)18(14-23)22(25)27-21-13-6-5-11-19(21)24/h2-13H,24-25H2,1H3/b22-18-. The van der Waals surface area contributed by atoms with Gasteiger partial charge in [0, 0.05) is 21.7 Å². The van der Waals surface area contributed by atoms with Gasteiger partial charge in [-0.3, -0.25) is 0 Å². The molecular formula is C22H19N3OS. The van der Waals surface area contributed by atoms with E-state index in [0.717, 1.165) is 21.8 Å². The fraction of sp³-hybridized carbons (Fsp3) is 0.0455. The van der Waals surface area contributed by atoms with Crippen molar-refractivity contribution in [2.75, 3.05) is 5.73 Å². The smallest absolute Gasteiger partial charge is 0.130 e. The summed E-state index contributed by atoms with van der Waals surface area (Å²) in [4.78, 5) is 0.817. The molecule has 5 heteroatoms. The van der Waals surface area contributed by atoms with Gasteiger partial charge in [-0.15, -0.1) is 0 Å². The van der Waals surface area contributed by atoms with E-state index in [4.69, 9.17) is 16.2 Å². The molecule has 27 heavy (non-hydrogen) atoms. The quantitative estimate of drug-likeness (QED) is 0.359. The number of ether oxygens (including phenoxy) is 1. The van der Waals surface area contributed by atoms with Crippen molar-refractivity contribution in [2.45, 2.75) is 11.8 Å². The van der Waals surface area contributed by atoms with Crippen molar-refractivity contribution in [3.05, 3.63) is 89.0 Å². The molecule has 0 aliphatic heterocycles. The Morgan fingerprint density at radius 2 is 1.67 bits per heavy atom. The summed E-state index contributed by atoms with van der Waals surface area (Å²) in [6, 6.07) is 24.8. The maximum atomic E-state index is 9.73. The van der Waals surface area contributed by atoms with Crippen LogP contribution in [0.5, 0.6) is 11.5 Å². The molecule has 4 nitrogen and oxygen atoms in total. The first-order valence-electron chi connectivity index (χ1n) is 8.35. The van der Waals surface area contributed by atoms with E-state index in [1.165, 1.54) is 11.8 Å². The first-order chi connectivity index (χ1) is 13.1. The lowest BCUT2D eigenvalue weighted by Gasteiger charge is -2.13. The van der Waals surface area contributed by atoms with Gasteiger partial charge in [0.05, 0.1) is 10.6 Å². The van der Waals surface area contributed by atoms with Gasteiger partial charge in [0.1, 0.15) is 17.6 Å². The normalized spacial score (nSPS) is 11.4. The maximum absolute atomic E-state index is 9.73. The van der Waals surface area contributed by atoms with Gasteiger partial charge in [0.2, 0.25) is 0 Å². The van der Waals surface area contributed by atoms with Crippen molar-refractivity contribution in [1.82, 2.24) is 0 Å². The average Bonchev–Trinajstić information content (AvgIpc) is 2.68. The summed E-state index contributed by atoms with van der Waals surface area (Å²) in [5.41, 5.74) is 14.9. The topological polar surface area (TPSA) is 85.1 Å². The molecule has 0 unspecified atom stereocenters. The van der Waals surface area contributed by atoms with Crippen molar-refractivity contribution in [3.8, 4) is 17.6 Å². The van der Waals surface area contributed by atoms with Crippen molar-refractivity contribution in [1.29, 1.82) is 5.26 Å². The predicted octanol–water partition coefficient (Wildman–Crippen LogP) is 5.31. The van der Waals surface area contributed by atoms with E-state index in [-0.39, 0.29) is 0 Å². The van der Waals surface area contributed by atoms with Crippen LogP contribution in [0.2, 0.25) is 0 Å². The van der Waals surface area contributed by atoms with Gasteiger partial charge in [-0.25, -0.2) is 0 Å². The predicted molar refractivity (Wildman–Crippen MR) is 111 cm³/mol. The zero-order valence-corrected chi connectivity index (χ0v) is 15.7. The number of nitrogen functional groups attached to an aromatic ring is 1. The van der Waals surface area contributed by atoms with E-state index in [1.54, 1.807) is 6.07 Å². The van der Waals surface area contributed by atoms with Crippen LogP contribution in [0, 0.1) is 18.3 Å². The van der Waals surface area contributed by atoms with E-state index in [1.807, 2.05) is 73.7 Å². The lowest BCUT2D eigenvalue weighted by atomic mass is 10.0. The molecule has 134 valence electrons. The molecule has 0 spiro atoms. The summed E-state index contributed by atoms with van der Waals surface area (Å²) in [5.74, 6) is 1.42. The van der Waals surface area contributed by atoms with Crippen LogP contribution in [0.25, 0.3) is 5.57 Å². The van der Waals surface area contributed by atoms with Gasteiger partial charge < -0.3 is 16.2 Å². The lowest BCUT2D eigenvalue weighted by molar-refractivity contribution is 0.479. The number of nitrogens with zero attached hydrogens (tertiary/aromatic N) is 1. The molecule has 0 aliphatic carbocycles. The van der Waals surface area contributed by atoms with Crippen LogP contribution in [0.1, 0.15) is 11.1 Å². The number of allylic oxidation sites excluding steroid dienone is 1. The van der Waals surface area contributed by atoms with Crippen LogP contribution in [-0.2, 0) is 0 Å². The molecule has 0 saturated carbocycles. The third kappa shape index (κ3) is 4.25. The Balaban J connectivity index is 1.97. The average molecular weight is 373 g/mol. The van der Waals surface area contributed by atoms with Gasteiger partial charge in [-0.05, 0) is 37.3 Å². The van der Waals surface area contributed by atoms with E-state index in [2.05, 4.69) is 6.07 Å².